The van der Waals surface area contributed by atoms with E-state index in [-0.39, 0.29) is 6.07 Å². The number of halogens is 5. The maximum Gasteiger partial charge on any atom is 0.169 e. The second-order valence-electron chi connectivity index (χ2n) is 3.56. The highest BCUT2D eigenvalue weighted by atomic mass is 19.2. The zero-order chi connectivity index (χ0) is 14.2. The lowest BCUT2D eigenvalue weighted by atomic mass is 10.2. The molecule has 100 valence electrons. The van der Waals surface area contributed by atoms with Crippen molar-refractivity contribution in [3.05, 3.63) is 47.3 Å². The Morgan fingerprint density at radius 2 is 1.37 bits per heavy atom. The zero-order valence-electron chi connectivity index (χ0n) is 9.15. The number of hydrogen-bond acceptors (Lipinski definition) is 3. The number of nitrogens with two attached hydrogens (primary N) is 1. The molecule has 0 aliphatic heterocycles. The van der Waals surface area contributed by atoms with Gasteiger partial charge in [-0.1, -0.05) is 0 Å². The molecule has 0 spiro atoms. The highest BCUT2D eigenvalue weighted by Gasteiger charge is 2.14. The van der Waals surface area contributed by atoms with Crippen LogP contribution in [-0.4, -0.2) is 4.98 Å². The van der Waals surface area contributed by atoms with Crippen LogP contribution in [-0.2, 0) is 0 Å². The van der Waals surface area contributed by atoms with Crippen molar-refractivity contribution in [1.29, 1.82) is 0 Å². The van der Waals surface area contributed by atoms with Gasteiger partial charge in [0.15, 0.2) is 34.9 Å². The molecule has 19 heavy (non-hydrogen) atoms. The van der Waals surface area contributed by atoms with E-state index in [2.05, 4.69) is 10.3 Å². The molecule has 8 heteroatoms. The van der Waals surface area contributed by atoms with Gasteiger partial charge >= 0.3 is 0 Å². The molecular formula is C11H6F5N3. The van der Waals surface area contributed by atoms with Crippen molar-refractivity contribution >= 4 is 17.3 Å². The fourth-order valence-corrected chi connectivity index (χ4v) is 1.31. The third-order valence-corrected chi connectivity index (χ3v) is 2.22. The first-order valence-electron chi connectivity index (χ1n) is 4.91. The van der Waals surface area contributed by atoms with E-state index in [0.717, 1.165) is 0 Å². The molecule has 0 saturated carbocycles. The molecular weight excluding hydrogens is 269 g/mol. The summed E-state index contributed by atoms with van der Waals surface area (Å²) in [5.74, 6) is -7.36. The van der Waals surface area contributed by atoms with Crippen LogP contribution < -0.4 is 11.1 Å². The van der Waals surface area contributed by atoms with Crippen molar-refractivity contribution in [3.63, 3.8) is 0 Å². The van der Waals surface area contributed by atoms with Gasteiger partial charge in [-0.15, -0.1) is 0 Å². The Morgan fingerprint density at radius 1 is 0.789 bits per heavy atom. The number of aromatic nitrogens is 1. The molecule has 1 aromatic heterocycles. The third-order valence-electron chi connectivity index (χ3n) is 2.22. The summed E-state index contributed by atoms with van der Waals surface area (Å²) < 4.78 is 65.1. The predicted octanol–water partition coefficient (Wildman–Crippen LogP) is 3.10. The molecule has 0 fully saturated rings. The Balaban J connectivity index is 2.42. The summed E-state index contributed by atoms with van der Waals surface area (Å²) in [6, 6.07) is 1.19. The number of anilines is 3. The normalized spacial score (nSPS) is 10.6. The van der Waals surface area contributed by atoms with Crippen molar-refractivity contribution < 1.29 is 22.0 Å². The van der Waals surface area contributed by atoms with Gasteiger partial charge in [-0.2, -0.15) is 0 Å². The van der Waals surface area contributed by atoms with Crippen LogP contribution in [0.4, 0.5) is 39.3 Å². The first-order chi connectivity index (χ1) is 8.88. The van der Waals surface area contributed by atoms with E-state index in [1.54, 1.807) is 0 Å². The molecule has 2 rings (SSSR count). The summed E-state index contributed by atoms with van der Waals surface area (Å²) in [5, 5.41) is 2.06. The molecule has 0 aliphatic carbocycles. The van der Waals surface area contributed by atoms with Crippen molar-refractivity contribution in [2.75, 3.05) is 11.1 Å². The van der Waals surface area contributed by atoms with Crippen molar-refractivity contribution in [1.82, 2.24) is 4.98 Å². The quantitative estimate of drug-likeness (QED) is 0.654. The largest absolute Gasteiger partial charge is 0.381 e. The van der Waals surface area contributed by atoms with E-state index in [4.69, 9.17) is 5.73 Å². The number of pyridine rings is 1. The Bertz CT molecular complexity index is 589. The van der Waals surface area contributed by atoms with Gasteiger partial charge in [0.05, 0.1) is 5.69 Å². The van der Waals surface area contributed by atoms with E-state index in [1.165, 1.54) is 0 Å². The van der Waals surface area contributed by atoms with Gasteiger partial charge in [-0.25, -0.2) is 26.9 Å². The van der Waals surface area contributed by atoms with Crippen LogP contribution in [0.15, 0.2) is 18.2 Å². The number of benzene rings is 1. The molecule has 1 aromatic carbocycles. The van der Waals surface area contributed by atoms with Crippen LogP contribution in [0.1, 0.15) is 0 Å². The topological polar surface area (TPSA) is 50.9 Å². The lowest BCUT2D eigenvalue weighted by Crippen LogP contribution is -2.05. The molecule has 0 radical (unpaired) electrons. The van der Waals surface area contributed by atoms with Crippen LogP contribution in [0.25, 0.3) is 0 Å². The first-order valence-corrected chi connectivity index (χ1v) is 4.91. The van der Waals surface area contributed by atoms with Crippen molar-refractivity contribution in [3.8, 4) is 0 Å². The summed E-state index contributed by atoms with van der Waals surface area (Å²) in [5.41, 5.74) is 4.56. The highest BCUT2D eigenvalue weighted by molar-refractivity contribution is 5.59. The molecule has 0 unspecified atom stereocenters. The van der Waals surface area contributed by atoms with Crippen LogP contribution >= 0.6 is 0 Å². The SMILES string of the molecule is Nc1nc(Nc2cc(F)c(F)cc2F)c(F)cc1F. The number of rotatable bonds is 2. The smallest absolute Gasteiger partial charge is 0.169 e. The maximum absolute atomic E-state index is 13.3. The number of nitrogen functional groups attached to an aromatic ring is 1. The molecule has 0 saturated heterocycles. The van der Waals surface area contributed by atoms with Crippen molar-refractivity contribution in [2.24, 2.45) is 0 Å². The monoisotopic (exact) mass is 275 g/mol. The highest BCUT2D eigenvalue weighted by Crippen LogP contribution is 2.24. The zero-order valence-corrected chi connectivity index (χ0v) is 9.15. The molecule has 0 bridgehead atoms. The van der Waals surface area contributed by atoms with E-state index in [9.17, 15) is 22.0 Å². The van der Waals surface area contributed by atoms with Crippen LogP contribution in [0.3, 0.4) is 0 Å². The van der Waals surface area contributed by atoms with Gasteiger partial charge in [0.25, 0.3) is 0 Å². The molecule has 0 atom stereocenters. The van der Waals surface area contributed by atoms with Crippen LogP contribution in [0.5, 0.6) is 0 Å². The van der Waals surface area contributed by atoms with E-state index < -0.39 is 46.4 Å². The third kappa shape index (κ3) is 2.56. The van der Waals surface area contributed by atoms with Gasteiger partial charge in [-0.05, 0) is 0 Å². The first kappa shape index (κ1) is 13.1. The minimum atomic E-state index is -1.39. The Kier molecular flexibility index (Phi) is 3.24. The fraction of sp³-hybridized carbons (Fsp3) is 0. The average Bonchev–Trinajstić information content (AvgIpc) is 2.32. The minimum absolute atomic E-state index is 0.280. The Morgan fingerprint density at radius 3 is 2.05 bits per heavy atom. The fourth-order valence-electron chi connectivity index (χ4n) is 1.31. The van der Waals surface area contributed by atoms with E-state index in [0.29, 0.717) is 12.1 Å². The second kappa shape index (κ2) is 4.71. The van der Waals surface area contributed by atoms with Gasteiger partial charge < -0.3 is 11.1 Å². The minimum Gasteiger partial charge on any atom is -0.381 e. The van der Waals surface area contributed by atoms with E-state index in [1.807, 2.05) is 0 Å². The summed E-state index contributed by atoms with van der Waals surface area (Å²) >= 11 is 0. The molecule has 0 aliphatic rings. The maximum atomic E-state index is 13.3. The van der Waals surface area contributed by atoms with Gasteiger partial charge in [-0.3, -0.25) is 0 Å². The summed E-state index contributed by atoms with van der Waals surface area (Å²) in [6.45, 7) is 0. The predicted molar refractivity (Wildman–Crippen MR) is 58.2 cm³/mol. The summed E-state index contributed by atoms with van der Waals surface area (Å²) in [4.78, 5) is 3.29. The Labute approximate surface area is 103 Å². The molecule has 1 heterocycles. The number of nitrogens with zero attached hydrogens (tertiary/aromatic N) is 1. The average molecular weight is 275 g/mol. The van der Waals surface area contributed by atoms with Gasteiger partial charge in [0, 0.05) is 18.2 Å². The number of hydrogen-bond donors (Lipinski definition) is 2. The summed E-state index contributed by atoms with van der Waals surface area (Å²) in [6.07, 6.45) is 0. The molecule has 2 aromatic rings. The summed E-state index contributed by atoms with van der Waals surface area (Å²) in [7, 11) is 0. The van der Waals surface area contributed by atoms with Crippen molar-refractivity contribution in [2.45, 2.75) is 0 Å². The van der Waals surface area contributed by atoms with E-state index >= 15 is 0 Å². The second-order valence-corrected chi connectivity index (χ2v) is 3.56. The van der Waals surface area contributed by atoms with Crippen LogP contribution in [0, 0.1) is 29.1 Å². The molecule has 3 N–H and O–H groups in total. The standard InChI is InChI=1S/C11H6F5N3/c12-4-1-6(14)9(3-5(4)13)18-11-8(16)2-7(15)10(17)19-11/h1-3H,(H3,17,18,19). The lowest BCUT2D eigenvalue weighted by Gasteiger charge is -2.09. The Hall–Kier alpha value is -2.38. The molecule has 0 amide bonds. The van der Waals surface area contributed by atoms with Gasteiger partial charge in [0.2, 0.25) is 0 Å². The molecule has 3 nitrogen and oxygen atoms in total. The van der Waals surface area contributed by atoms with Gasteiger partial charge in [0.1, 0.15) is 5.82 Å². The number of nitrogens with one attached hydrogen (secondary N) is 1. The van der Waals surface area contributed by atoms with Crippen LogP contribution in [0.2, 0.25) is 0 Å². The lowest BCUT2D eigenvalue weighted by molar-refractivity contribution is 0.496.